The lowest BCUT2D eigenvalue weighted by Crippen LogP contribution is -2.40. The fourth-order valence-electron chi connectivity index (χ4n) is 0.678. The van der Waals surface area contributed by atoms with Gasteiger partial charge >= 0.3 is 10.9 Å². The van der Waals surface area contributed by atoms with E-state index in [4.69, 9.17) is 5.21 Å². The van der Waals surface area contributed by atoms with E-state index in [1.165, 1.54) is 0 Å². The van der Waals surface area contributed by atoms with E-state index in [0.29, 0.717) is 12.3 Å². The first kappa shape index (κ1) is 9.78. The number of alkyl halides is 3. The van der Waals surface area contributed by atoms with Crippen LogP contribution in [0, 0.1) is 9.98 Å². The number of rotatable bonds is 0. The number of nitrogens with zero attached hydrogens (tertiary/aromatic N) is 2. The van der Waals surface area contributed by atoms with Crippen molar-refractivity contribution >= 4 is 12.2 Å². The van der Waals surface area contributed by atoms with E-state index in [-0.39, 0.29) is 4.73 Å². The van der Waals surface area contributed by atoms with Gasteiger partial charge in [-0.15, -0.1) is 0 Å². The van der Waals surface area contributed by atoms with Crippen LogP contribution in [-0.4, -0.2) is 9.94 Å². The molecule has 0 aromatic carbocycles. The second kappa shape index (κ2) is 2.87. The molecular weight excluding hydrogens is 209 g/mol. The first-order chi connectivity index (χ1) is 5.84. The third-order valence-corrected chi connectivity index (χ3v) is 1.61. The molecule has 0 atom stereocenters. The molecule has 0 bridgehead atoms. The molecule has 0 aliphatic rings. The maximum Gasteiger partial charge on any atom is 0.454 e. The molecule has 1 rings (SSSR count). The van der Waals surface area contributed by atoms with Crippen molar-refractivity contribution < 1.29 is 23.1 Å². The van der Waals surface area contributed by atoms with Crippen LogP contribution in [0.1, 0.15) is 5.69 Å². The van der Waals surface area contributed by atoms with E-state index in [1.807, 2.05) is 0 Å². The fraction of sp³-hybridized carbons (Fsp3) is 0.200. The van der Waals surface area contributed by atoms with Crippen molar-refractivity contribution in [1.29, 1.82) is 0 Å². The van der Waals surface area contributed by atoms with Crippen molar-refractivity contribution in [3.8, 4) is 0 Å². The summed E-state index contributed by atoms with van der Waals surface area (Å²) in [4.78, 5) is 0. The van der Waals surface area contributed by atoms with Crippen LogP contribution in [0.4, 0.5) is 13.2 Å². The van der Waals surface area contributed by atoms with Gasteiger partial charge in [0.1, 0.15) is 6.20 Å². The molecule has 0 aliphatic carbocycles. The minimum Gasteiger partial charge on any atom is -0.709 e. The van der Waals surface area contributed by atoms with Crippen molar-refractivity contribution in [2.24, 2.45) is 0 Å². The topological polar surface area (TPSA) is 52.1 Å². The Labute approximate surface area is 75.0 Å². The molecule has 0 aliphatic heterocycles. The van der Waals surface area contributed by atoms with Crippen molar-refractivity contribution in [1.82, 2.24) is 4.73 Å². The molecule has 0 spiro atoms. The normalized spacial score (nSPS) is 11.6. The van der Waals surface area contributed by atoms with Crippen molar-refractivity contribution in [2.75, 3.05) is 0 Å². The van der Waals surface area contributed by atoms with Crippen LogP contribution in [0.5, 0.6) is 0 Å². The molecule has 1 heterocycles. The molecular formula is C5H3F3N2O2S. The van der Waals surface area contributed by atoms with Gasteiger partial charge in [0.05, 0.1) is 0 Å². The summed E-state index contributed by atoms with van der Waals surface area (Å²) < 4.78 is 34.7. The van der Waals surface area contributed by atoms with Gasteiger partial charge in [-0.05, 0) is 4.73 Å². The van der Waals surface area contributed by atoms with Crippen LogP contribution in [0.15, 0.2) is 12.3 Å². The summed E-state index contributed by atoms with van der Waals surface area (Å²) in [6, 6.07) is 0.433. The molecule has 13 heavy (non-hydrogen) atoms. The Hall–Kier alpha value is -1.31. The van der Waals surface area contributed by atoms with E-state index in [9.17, 15) is 18.4 Å². The van der Waals surface area contributed by atoms with Gasteiger partial charge in [0.25, 0.3) is 0 Å². The molecule has 0 saturated carbocycles. The summed E-state index contributed by atoms with van der Waals surface area (Å²) in [6.45, 7) is 0. The van der Waals surface area contributed by atoms with Gasteiger partial charge in [-0.25, -0.2) is 4.73 Å². The minimum absolute atomic E-state index is 0.136. The highest BCUT2D eigenvalue weighted by molar-refractivity contribution is 7.71. The first-order valence-corrected chi connectivity index (χ1v) is 3.36. The number of aromatic nitrogens is 2. The van der Waals surface area contributed by atoms with Crippen LogP contribution >= 0.6 is 12.2 Å². The van der Waals surface area contributed by atoms with Gasteiger partial charge in [-0.3, -0.25) is 0 Å². The average Bonchev–Trinajstić information content (AvgIpc) is 1.98. The Morgan fingerprint density at radius 2 is 2.08 bits per heavy atom. The van der Waals surface area contributed by atoms with Crippen LogP contribution in [0.3, 0.4) is 0 Å². The minimum atomic E-state index is -4.77. The molecule has 0 saturated heterocycles. The quantitative estimate of drug-likeness (QED) is 0.303. The number of hydrogen-bond acceptors (Lipinski definition) is 3. The molecule has 1 N–H and O–H groups in total. The zero-order valence-corrected chi connectivity index (χ0v) is 6.76. The van der Waals surface area contributed by atoms with Gasteiger partial charge in [0.15, 0.2) is 0 Å². The van der Waals surface area contributed by atoms with Crippen molar-refractivity contribution in [2.45, 2.75) is 6.18 Å². The molecule has 0 fully saturated rings. The maximum absolute atomic E-state index is 12.0. The largest absolute Gasteiger partial charge is 0.709 e. The summed E-state index contributed by atoms with van der Waals surface area (Å²) in [5.74, 6) is 0. The summed E-state index contributed by atoms with van der Waals surface area (Å²) in [5, 5.41) is 19.5. The Morgan fingerprint density at radius 1 is 1.54 bits per heavy atom. The van der Waals surface area contributed by atoms with Gasteiger partial charge in [-0.2, -0.15) is 13.2 Å². The first-order valence-electron chi connectivity index (χ1n) is 2.95. The van der Waals surface area contributed by atoms with Crippen molar-refractivity contribution in [3.63, 3.8) is 0 Å². The second-order valence-corrected chi connectivity index (χ2v) is 2.49. The highest BCUT2D eigenvalue weighted by Gasteiger charge is 2.37. The molecule has 0 amide bonds. The molecule has 8 heteroatoms. The molecule has 4 nitrogen and oxygen atoms in total. The Kier molecular flexibility index (Phi) is 2.16. The smallest absolute Gasteiger partial charge is 0.454 e. The van der Waals surface area contributed by atoms with Gasteiger partial charge in [-0.1, -0.05) is 0 Å². The Morgan fingerprint density at radius 3 is 2.54 bits per heavy atom. The second-order valence-electron chi connectivity index (χ2n) is 2.12. The standard InChI is InChI=1S/C5H3F3N2O2S/c6-5(7,8)3-1-2-9(11)4(13)10(3)12/h1-2,11H. The third-order valence-electron chi connectivity index (χ3n) is 1.25. The van der Waals surface area contributed by atoms with E-state index < -0.39 is 21.4 Å². The highest BCUT2D eigenvalue weighted by Crippen LogP contribution is 2.25. The molecule has 72 valence electrons. The highest BCUT2D eigenvalue weighted by atomic mass is 32.1. The predicted octanol–water partition coefficient (Wildman–Crippen LogP) is 1.11. The Bertz CT molecular complexity index is 386. The zero-order chi connectivity index (χ0) is 10.2. The summed E-state index contributed by atoms with van der Waals surface area (Å²) in [7, 11) is 0. The van der Waals surface area contributed by atoms with Crippen LogP contribution in [0.25, 0.3) is 0 Å². The lowest BCUT2D eigenvalue weighted by Gasteiger charge is -2.10. The van der Waals surface area contributed by atoms with Gasteiger partial charge in [0, 0.05) is 18.3 Å². The van der Waals surface area contributed by atoms with Crippen LogP contribution in [-0.2, 0) is 6.18 Å². The summed E-state index contributed by atoms with van der Waals surface area (Å²) >= 11 is 4.21. The number of hydrogen-bond donors (Lipinski definition) is 1. The van der Waals surface area contributed by atoms with E-state index in [1.54, 1.807) is 0 Å². The van der Waals surface area contributed by atoms with E-state index >= 15 is 0 Å². The molecule has 1 aromatic rings. The van der Waals surface area contributed by atoms with E-state index in [0.717, 1.165) is 0 Å². The average molecular weight is 212 g/mol. The molecule has 0 radical (unpaired) electrons. The maximum atomic E-state index is 12.0. The SMILES string of the molecule is [O-][n+]1c(C(F)(F)F)ccn(O)c1=S. The molecule has 1 aromatic heterocycles. The monoisotopic (exact) mass is 212 g/mol. The van der Waals surface area contributed by atoms with Crippen LogP contribution in [0.2, 0.25) is 0 Å². The summed E-state index contributed by atoms with van der Waals surface area (Å²) in [5.41, 5.74) is -1.46. The molecule has 0 unspecified atom stereocenters. The zero-order valence-electron chi connectivity index (χ0n) is 5.95. The lowest BCUT2D eigenvalue weighted by atomic mass is 10.4. The lowest BCUT2D eigenvalue weighted by molar-refractivity contribution is -0.643. The fourth-order valence-corrected chi connectivity index (χ4v) is 0.838. The van der Waals surface area contributed by atoms with Gasteiger partial charge in [0.2, 0.25) is 5.69 Å². The van der Waals surface area contributed by atoms with Crippen LogP contribution < -0.4 is 4.73 Å². The summed E-state index contributed by atoms with van der Waals surface area (Å²) in [6.07, 6.45) is -4.12. The van der Waals surface area contributed by atoms with Crippen molar-refractivity contribution in [3.05, 3.63) is 27.9 Å². The van der Waals surface area contributed by atoms with E-state index in [2.05, 4.69) is 12.2 Å². The van der Waals surface area contributed by atoms with Gasteiger partial charge < -0.3 is 10.4 Å². The number of halogens is 3. The third kappa shape index (κ3) is 1.72. The predicted molar refractivity (Wildman–Crippen MR) is 36.4 cm³/mol. The Balaban J connectivity index is 3.44.